The first-order chi connectivity index (χ1) is 8.45. The van der Waals surface area contributed by atoms with E-state index in [0.717, 1.165) is 5.56 Å². The lowest BCUT2D eigenvalue weighted by Gasteiger charge is -2.17. The van der Waals surface area contributed by atoms with Gasteiger partial charge in [-0.2, -0.15) is 0 Å². The quantitative estimate of drug-likeness (QED) is 0.644. The van der Waals surface area contributed by atoms with Gasteiger partial charge in [0.25, 0.3) is 5.91 Å². The number of nitrogen functional groups attached to an aromatic ring is 1. The second-order valence-corrected chi connectivity index (χ2v) is 4.12. The second kappa shape index (κ2) is 6.05. The van der Waals surface area contributed by atoms with Crippen molar-refractivity contribution in [2.45, 2.75) is 13.3 Å². The van der Waals surface area contributed by atoms with E-state index in [1.54, 1.807) is 25.2 Å². The summed E-state index contributed by atoms with van der Waals surface area (Å²) in [5, 5.41) is 0. The van der Waals surface area contributed by atoms with Crippen LogP contribution in [0.15, 0.2) is 18.2 Å². The number of nitrogens with two attached hydrogens (primary N) is 1. The van der Waals surface area contributed by atoms with Crippen LogP contribution < -0.4 is 5.73 Å². The molecule has 0 bridgehead atoms. The second-order valence-electron chi connectivity index (χ2n) is 4.12. The highest BCUT2D eigenvalue weighted by Gasteiger charge is 2.13. The molecule has 0 aliphatic rings. The number of hydrogen-bond donors (Lipinski definition) is 1. The van der Waals surface area contributed by atoms with Gasteiger partial charge >= 0.3 is 5.97 Å². The van der Waals surface area contributed by atoms with Crippen LogP contribution in [-0.4, -0.2) is 37.5 Å². The van der Waals surface area contributed by atoms with E-state index in [4.69, 9.17) is 5.73 Å². The van der Waals surface area contributed by atoms with Gasteiger partial charge in [-0.15, -0.1) is 0 Å². The Bertz CT molecular complexity index is 458. The minimum absolute atomic E-state index is 0.161. The lowest BCUT2D eigenvalue weighted by molar-refractivity contribution is -0.140. The summed E-state index contributed by atoms with van der Waals surface area (Å²) < 4.78 is 4.52. The molecule has 0 heterocycles. The maximum absolute atomic E-state index is 12.0. The Hall–Kier alpha value is -2.04. The standard InChI is InChI=1S/C13H18N2O3/c1-9-4-5-10(8-11(9)14)13(17)15(2)7-6-12(16)18-3/h4-5,8H,6-7,14H2,1-3H3. The van der Waals surface area contributed by atoms with Crippen molar-refractivity contribution in [3.63, 3.8) is 0 Å². The number of carbonyl (C=O) groups excluding carboxylic acids is 2. The van der Waals surface area contributed by atoms with Gasteiger partial charge in [0.15, 0.2) is 0 Å². The van der Waals surface area contributed by atoms with E-state index >= 15 is 0 Å². The SMILES string of the molecule is COC(=O)CCN(C)C(=O)c1ccc(C)c(N)c1. The van der Waals surface area contributed by atoms with Crippen molar-refractivity contribution in [3.8, 4) is 0 Å². The Morgan fingerprint density at radius 1 is 1.39 bits per heavy atom. The fourth-order valence-electron chi connectivity index (χ4n) is 1.46. The molecule has 0 spiro atoms. The molecule has 0 atom stereocenters. The van der Waals surface area contributed by atoms with Crippen molar-refractivity contribution < 1.29 is 14.3 Å². The molecule has 0 aliphatic heterocycles. The van der Waals surface area contributed by atoms with Crippen molar-refractivity contribution in [2.24, 2.45) is 0 Å². The minimum Gasteiger partial charge on any atom is -0.469 e. The maximum Gasteiger partial charge on any atom is 0.307 e. The molecule has 1 rings (SSSR count). The third-order valence-corrected chi connectivity index (χ3v) is 2.75. The molecular formula is C13H18N2O3. The van der Waals surface area contributed by atoms with Crippen LogP contribution in [0.25, 0.3) is 0 Å². The Labute approximate surface area is 107 Å². The van der Waals surface area contributed by atoms with E-state index in [9.17, 15) is 9.59 Å². The molecule has 5 nitrogen and oxygen atoms in total. The molecule has 0 radical (unpaired) electrons. The van der Waals surface area contributed by atoms with Gasteiger partial charge in [-0.05, 0) is 24.6 Å². The van der Waals surface area contributed by atoms with Gasteiger partial charge in [0.05, 0.1) is 13.5 Å². The Balaban J connectivity index is 2.68. The van der Waals surface area contributed by atoms with Crippen molar-refractivity contribution in [2.75, 3.05) is 26.4 Å². The van der Waals surface area contributed by atoms with E-state index in [1.165, 1.54) is 12.0 Å². The average Bonchev–Trinajstić information content (AvgIpc) is 2.37. The highest BCUT2D eigenvalue weighted by atomic mass is 16.5. The monoisotopic (exact) mass is 250 g/mol. The van der Waals surface area contributed by atoms with Gasteiger partial charge in [-0.25, -0.2) is 0 Å². The Morgan fingerprint density at radius 3 is 2.61 bits per heavy atom. The molecule has 0 unspecified atom stereocenters. The minimum atomic E-state index is -0.335. The lowest BCUT2D eigenvalue weighted by atomic mass is 10.1. The summed E-state index contributed by atoms with van der Waals surface area (Å²) in [5.74, 6) is -0.497. The molecule has 5 heteroatoms. The molecule has 2 N–H and O–H groups in total. The number of nitrogens with zero attached hydrogens (tertiary/aromatic N) is 1. The fourth-order valence-corrected chi connectivity index (χ4v) is 1.46. The Morgan fingerprint density at radius 2 is 2.06 bits per heavy atom. The summed E-state index contributed by atoms with van der Waals surface area (Å²) in [5.41, 5.74) is 7.80. The highest BCUT2D eigenvalue weighted by molar-refractivity contribution is 5.95. The number of ether oxygens (including phenoxy) is 1. The van der Waals surface area contributed by atoms with Gasteiger partial charge in [0.2, 0.25) is 0 Å². The molecule has 0 aromatic heterocycles. The summed E-state index contributed by atoms with van der Waals surface area (Å²) in [4.78, 5) is 24.5. The molecule has 0 fully saturated rings. The third-order valence-electron chi connectivity index (χ3n) is 2.75. The summed E-state index contributed by atoms with van der Waals surface area (Å²) in [6, 6.07) is 5.17. The predicted molar refractivity (Wildman–Crippen MR) is 69.2 cm³/mol. The number of amides is 1. The number of benzene rings is 1. The summed E-state index contributed by atoms with van der Waals surface area (Å²) in [6.07, 6.45) is 0.181. The first-order valence-electron chi connectivity index (χ1n) is 5.64. The Kier molecular flexibility index (Phi) is 4.71. The lowest BCUT2D eigenvalue weighted by Crippen LogP contribution is -2.29. The van der Waals surface area contributed by atoms with E-state index in [2.05, 4.69) is 4.74 Å². The van der Waals surface area contributed by atoms with Crippen molar-refractivity contribution >= 4 is 17.6 Å². The molecule has 1 amide bonds. The van der Waals surface area contributed by atoms with Crippen LogP contribution in [0, 0.1) is 6.92 Å². The fraction of sp³-hybridized carbons (Fsp3) is 0.385. The number of aryl methyl sites for hydroxylation is 1. The molecule has 18 heavy (non-hydrogen) atoms. The zero-order valence-electron chi connectivity index (χ0n) is 10.9. The van der Waals surface area contributed by atoms with Crippen molar-refractivity contribution in [3.05, 3.63) is 29.3 Å². The van der Waals surface area contributed by atoms with Gasteiger partial charge < -0.3 is 15.4 Å². The average molecular weight is 250 g/mol. The number of rotatable bonds is 4. The number of anilines is 1. The van der Waals surface area contributed by atoms with Crippen LogP contribution in [0.3, 0.4) is 0 Å². The number of carbonyl (C=O) groups is 2. The van der Waals surface area contributed by atoms with E-state index in [0.29, 0.717) is 17.8 Å². The maximum atomic E-state index is 12.0. The predicted octanol–water partition coefficient (Wildman–Crippen LogP) is 1.21. The van der Waals surface area contributed by atoms with Crippen molar-refractivity contribution in [1.82, 2.24) is 4.90 Å². The summed E-state index contributed by atoms with van der Waals surface area (Å²) in [6.45, 7) is 2.20. The smallest absolute Gasteiger partial charge is 0.307 e. The molecule has 1 aromatic rings. The number of esters is 1. The zero-order chi connectivity index (χ0) is 13.7. The molecule has 0 saturated carbocycles. The number of hydrogen-bond acceptors (Lipinski definition) is 4. The van der Waals surface area contributed by atoms with E-state index in [-0.39, 0.29) is 18.3 Å². The molecule has 1 aromatic carbocycles. The van der Waals surface area contributed by atoms with Crippen LogP contribution >= 0.6 is 0 Å². The van der Waals surface area contributed by atoms with E-state index < -0.39 is 0 Å². The first kappa shape index (κ1) is 14.0. The normalized spacial score (nSPS) is 9.94. The van der Waals surface area contributed by atoms with Gasteiger partial charge in [0, 0.05) is 24.8 Å². The molecular weight excluding hydrogens is 232 g/mol. The topological polar surface area (TPSA) is 72.6 Å². The van der Waals surface area contributed by atoms with E-state index in [1.807, 2.05) is 6.92 Å². The van der Waals surface area contributed by atoms with Gasteiger partial charge in [-0.1, -0.05) is 6.07 Å². The number of methoxy groups -OCH3 is 1. The third kappa shape index (κ3) is 3.48. The van der Waals surface area contributed by atoms with Crippen LogP contribution in [0.1, 0.15) is 22.3 Å². The summed E-state index contributed by atoms with van der Waals surface area (Å²) >= 11 is 0. The van der Waals surface area contributed by atoms with Gasteiger partial charge in [-0.3, -0.25) is 9.59 Å². The molecule has 0 aliphatic carbocycles. The zero-order valence-corrected chi connectivity index (χ0v) is 10.9. The molecule has 0 saturated heterocycles. The van der Waals surface area contributed by atoms with Crippen LogP contribution in [-0.2, 0) is 9.53 Å². The van der Waals surface area contributed by atoms with Crippen molar-refractivity contribution in [1.29, 1.82) is 0 Å². The first-order valence-corrected chi connectivity index (χ1v) is 5.64. The highest BCUT2D eigenvalue weighted by Crippen LogP contribution is 2.14. The van der Waals surface area contributed by atoms with Gasteiger partial charge in [0.1, 0.15) is 0 Å². The molecule has 98 valence electrons. The summed E-state index contributed by atoms with van der Waals surface area (Å²) in [7, 11) is 2.96. The largest absolute Gasteiger partial charge is 0.469 e. The van der Waals surface area contributed by atoms with Crippen LogP contribution in [0.4, 0.5) is 5.69 Å². The van der Waals surface area contributed by atoms with Crippen LogP contribution in [0.2, 0.25) is 0 Å². The van der Waals surface area contributed by atoms with Crippen LogP contribution in [0.5, 0.6) is 0 Å².